The number of rotatable bonds is 10. The number of ether oxygens (including phenoxy) is 5. The second-order valence-electron chi connectivity index (χ2n) is 7.85. The summed E-state index contributed by atoms with van der Waals surface area (Å²) in [6.45, 7) is 2.15. The minimum atomic E-state index is -2.83. The Hall–Kier alpha value is -1.28. The van der Waals surface area contributed by atoms with E-state index in [-0.39, 0.29) is 12.0 Å². The Balaban J connectivity index is 1.31. The maximum absolute atomic E-state index is 12.2. The van der Waals surface area contributed by atoms with Crippen LogP contribution in [0.4, 0.5) is 8.78 Å². The van der Waals surface area contributed by atoms with Crippen LogP contribution in [-0.4, -0.2) is 39.3 Å². The Bertz CT molecular complexity index is 567. The molecule has 2 aliphatic heterocycles. The number of benzene rings is 1. The van der Waals surface area contributed by atoms with Crippen molar-refractivity contribution < 1.29 is 32.5 Å². The minimum absolute atomic E-state index is 0.123. The van der Waals surface area contributed by atoms with Gasteiger partial charge in [-0.25, -0.2) is 0 Å². The lowest BCUT2D eigenvalue weighted by Crippen LogP contribution is -2.33. The van der Waals surface area contributed by atoms with Crippen LogP contribution in [-0.2, 0) is 18.9 Å². The van der Waals surface area contributed by atoms with Crippen molar-refractivity contribution in [3.8, 4) is 5.75 Å². The van der Waals surface area contributed by atoms with E-state index >= 15 is 0 Å². The summed E-state index contributed by atoms with van der Waals surface area (Å²) < 4.78 is 52.2. The molecule has 1 aromatic rings. The first kappa shape index (κ1) is 22.4. The minimum Gasteiger partial charge on any atom is -0.435 e. The fourth-order valence-electron chi connectivity index (χ4n) is 3.68. The van der Waals surface area contributed by atoms with Crippen molar-refractivity contribution in [1.82, 2.24) is 0 Å². The average molecular weight is 414 g/mol. The van der Waals surface area contributed by atoms with Crippen molar-refractivity contribution in [3.05, 3.63) is 29.8 Å². The molecule has 1 aromatic carbocycles. The van der Waals surface area contributed by atoms with Gasteiger partial charge < -0.3 is 23.7 Å². The highest BCUT2D eigenvalue weighted by atomic mass is 19.3. The molecule has 0 spiro atoms. The summed E-state index contributed by atoms with van der Waals surface area (Å²) in [6.07, 6.45) is 6.09. The molecule has 2 aliphatic rings. The number of alkyl halides is 2. The quantitative estimate of drug-likeness (QED) is 0.486. The Kier molecular flexibility index (Phi) is 9.11. The molecular formula is C22H32F2O5. The van der Waals surface area contributed by atoms with Gasteiger partial charge in [0.1, 0.15) is 5.75 Å². The lowest BCUT2D eigenvalue weighted by atomic mass is 10.0. The first-order chi connectivity index (χ1) is 14.1. The second kappa shape index (κ2) is 11.8. The predicted octanol–water partition coefficient (Wildman–Crippen LogP) is 5.30. The summed E-state index contributed by atoms with van der Waals surface area (Å²) in [5.41, 5.74) is 0.790. The Morgan fingerprint density at radius 1 is 0.862 bits per heavy atom. The fourth-order valence-corrected chi connectivity index (χ4v) is 3.68. The number of unbranched alkanes of at least 4 members (excludes halogenated alkanes) is 2. The van der Waals surface area contributed by atoms with Crippen LogP contribution >= 0.6 is 0 Å². The Morgan fingerprint density at radius 2 is 1.48 bits per heavy atom. The first-order valence-electron chi connectivity index (χ1n) is 10.6. The van der Waals surface area contributed by atoms with Crippen LogP contribution in [0.15, 0.2) is 24.3 Å². The zero-order chi connectivity index (χ0) is 20.5. The third-order valence-corrected chi connectivity index (χ3v) is 5.41. The molecule has 3 rings (SSSR count). The Labute approximate surface area is 171 Å². The molecule has 0 atom stereocenters. The van der Waals surface area contributed by atoms with Crippen molar-refractivity contribution in [2.45, 2.75) is 64.6 Å². The van der Waals surface area contributed by atoms with Gasteiger partial charge >= 0.3 is 6.61 Å². The molecule has 5 nitrogen and oxygen atoms in total. The van der Waals surface area contributed by atoms with Gasteiger partial charge in [0, 0.05) is 17.4 Å². The van der Waals surface area contributed by atoms with Crippen molar-refractivity contribution in [1.29, 1.82) is 0 Å². The van der Waals surface area contributed by atoms with Crippen LogP contribution in [0.3, 0.4) is 0 Å². The van der Waals surface area contributed by atoms with Gasteiger partial charge in [0.05, 0.1) is 26.4 Å². The van der Waals surface area contributed by atoms with Crippen LogP contribution in [0, 0.1) is 11.8 Å². The molecule has 0 aliphatic carbocycles. The largest absolute Gasteiger partial charge is 0.435 e. The van der Waals surface area contributed by atoms with E-state index in [0.29, 0.717) is 25.0 Å². The highest BCUT2D eigenvalue weighted by Gasteiger charge is 2.27. The van der Waals surface area contributed by atoms with Crippen LogP contribution in [0.1, 0.15) is 57.3 Å². The predicted molar refractivity (Wildman–Crippen MR) is 104 cm³/mol. The number of hydrogen-bond acceptors (Lipinski definition) is 5. The maximum Gasteiger partial charge on any atom is 0.387 e. The number of halogens is 2. The molecule has 2 saturated heterocycles. The van der Waals surface area contributed by atoms with E-state index in [1.807, 2.05) is 0 Å². The number of hydrogen-bond donors (Lipinski definition) is 0. The van der Waals surface area contributed by atoms with Crippen molar-refractivity contribution in [3.63, 3.8) is 0 Å². The molecule has 0 N–H and O–H groups in total. The summed E-state index contributed by atoms with van der Waals surface area (Å²) in [4.78, 5) is 0. The smallest absolute Gasteiger partial charge is 0.387 e. The molecule has 0 bridgehead atoms. The lowest BCUT2D eigenvalue weighted by molar-refractivity contribution is -0.220. The van der Waals surface area contributed by atoms with Crippen LogP contribution < -0.4 is 4.74 Å². The molecule has 0 saturated carbocycles. The lowest BCUT2D eigenvalue weighted by Gasteiger charge is -2.32. The van der Waals surface area contributed by atoms with Crippen LogP contribution in [0.5, 0.6) is 5.75 Å². The zero-order valence-corrected chi connectivity index (χ0v) is 17.1. The second-order valence-corrected chi connectivity index (χ2v) is 7.85. The molecule has 2 heterocycles. The summed E-state index contributed by atoms with van der Waals surface area (Å²) in [6, 6.07) is 6.35. The zero-order valence-electron chi connectivity index (χ0n) is 17.1. The standard InChI is InChI=1S/C22H32F2O5/c1-2-3-4-5-16-12-25-20(26-13-16)11-6-17-14-27-21(28-15-17)18-7-9-19(10-8-18)29-22(23)24/h7-10,16-17,20-22H,2-6,11-15H2,1H3. The van der Waals surface area contributed by atoms with Gasteiger partial charge in [-0.05, 0) is 31.4 Å². The molecule has 29 heavy (non-hydrogen) atoms. The van der Waals surface area contributed by atoms with Gasteiger partial charge in [0.2, 0.25) is 0 Å². The summed E-state index contributed by atoms with van der Waals surface area (Å²) >= 11 is 0. The first-order valence-corrected chi connectivity index (χ1v) is 10.6. The molecule has 0 radical (unpaired) electrons. The topological polar surface area (TPSA) is 46.2 Å². The summed E-state index contributed by atoms with van der Waals surface area (Å²) in [7, 11) is 0. The van der Waals surface area contributed by atoms with Crippen molar-refractivity contribution in [2.75, 3.05) is 26.4 Å². The monoisotopic (exact) mass is 414 g/mol. The van der Waals surface area contributed by atoms with E-state index in [4.69, 9.17) is 18.9 Å². The van der Waals surface area contributed by atoms with Crippen LogP contribution in [0.2, 0.25) is 0 Å². The van der Waals surface area contributed by atoms with Gasteiger partial charge in [-0.1, -0.05) is 38.3 Å². The molecule has 7 heteroatoms. The third kappa shape index (κ3) is 7.48. The molecular weight excluding hydrogens is 382 g/mol. The van der Waals surface area contributed by atoms with Gasteiger partial charge in [-0.15, -0.1) is 0 Å². The van der Waals surface area contributed by atoms with E-state index in [2.05, 4.69) is 11.7 Å². The SMILES string of the molecule is CCCCCC1COC(CCC2COC(c3ccc(OC(F)F)cc3)OC2)OC1. The average Bonchev–Trinajstić information content (AvgIpc) is 2.74. The Morgan fingerprint density at radius 3 is 2.10 bits per heavy atom. The molecule has 164 valence electrons. The summed E-state index contributed by atoms with van der Waals surface area (Å²) in [5.74, 6) is 0.942. The van der Waals surface area contributed by atoms with Crippen LogP contribution in [0.25, 0.3) is 0 Å². The van der Waals surface area contributed by atoms with Gasteiger partial charge in [-0.3, -0.25) is 0 Å². The molecule has 2 fully saturated rings. The normalized spacial score (nSPS) is 27.9. The van der Waals surface area contributed by atoms with E-state index in [1.165, 1.54) is 37.8 Å². The molecule has 0 amide bonds. The third-order valence-electron chi connectivity index (χ3n) is 5.41. The van der Waals surface area contributed by atoms with Gasteiger partial charge in [-0.2, -0.15) is 8.78 Å². The van der Waals surface area contributed by atoms with Crippen molar-refractivity contribution >= 4 is 0 Å². The van der Waals surface area contributed by atoms with Crippen molar-refractivity contribution in [2.24, 2.45) is 11.8 Å². The molecule has 0 unspecified atom stereocenters. The fraction of sp³-hybridized carbons (Fsp3) is 0.727. The van der Waals surface area contributed by atoms with Gasteiger partial charge in [0.15, 0.2) is 12.6 Å². The van der Waals surface area contributed by atoms with E-state index in [1.54, 1.807) is 12.1 Å². The summed E-state index contributed by atoms with van der Waals surface area (Å²) in [5, 5.41) is 0. The van der Waals surface area contributed by atoms with Gasteiger partial charge in [0.25, 0.3) is 0 Å². The highest BCUT2D eigenvalue weighted by molar-refractivity contribution is 5.28. The highest BCUT2D eigenvalue weighted by Crippen LogP contribution is 2.29. The van der Waals surface area contributed by atoms with E-state index < -0.39 is 12.9 Å². The maximum atomic E-state index is 12.2. The molecule has 0 aromatic heterocycles. The van der Waals surface area contributed by atoms with E-state index in [0.717, 1.165) is 31.6 Å². The van der Waals surface area contributed by atoms with E-state index in [9.17, 15) is 8.78 Å².